The number of thioether (sulfide) groups is 1. The van der Waals surface area contributed by atoms with E-state index in [2.05, 4.69) is 11.4 Å². The molecule has 0 unspecified atom stereocenters. The normalized spacial score (nSPS) is 18.4. The van der Waals surface area contributed by atoms with E-state index in [0.29, 0.717) is 22.8 Å². The van der Waals surface area contributed by atoms with Crippen LogP contribution in [0.1, 0.15) is 31.4 Å². The fourth-order valence-electron chi connectivity index (χ4n) is 2.32. The van der Waals surface area contributed by atoms with E-state index in [1.807, 2.05) is 19.9 Å². The van der Waals surface area contributed by atoms with E-state index in [4.69, 9.17) is 5.26 Å². The van der Waals surface area contributed by atoms with E-state index in [1.54, 1.807) is 40.9 Å². The standard InChI is InChI=1S/C18H21N3O2S/c1-3-13(2)20-18(23)16-11-24-12-21(16)17(22)9-8-14-6-4-5-7-15(14)10-19/h4-9,13,16H,3,11-12H2,1-2H3,(H,20,23)/b9-8-/t13-,16-/m0/s1. The van der Waals surface area contributed by atoms with Crippen molar-refractivity contribution in [1.82, 2.24) is 10.2 Å². The van der Waals surface area contributed by atoms with Crippen molar-refractivity contribution in [3.63, 3.8) is 0 Å². The molecule has 1 fully saturated rings. The number of hydrogen-bond donors (Lipinski definition) is 1. The lowest BCUT2D eigenvalue weighted by molar-refractivity contribution is -0.135. The van der Waals surface area contributed by atoms with Crippen LogP contribution in [-0.4, -0.2) is 40.4 Å². The molecule has 5 nitrogen and oxygen atoms in total. The number of hydrogen-bond acceptors (Lipinski definition) is 4. The number of carbonyl (C=O) groups is 2. The summed E-state index contributed by atoms with van der Waals surface area (Å²) in [5.41, 5.74) is 1.21. The Kier molecular flexibility index (Phi) is 6.44. The van der Waals surface area contributed by atoms with Gasteiger partial charge >= 0.3 is 0 Å². The highest BCUT2D eigenvalue weighted by molar-refractivity contribution is 7.99. The Hall–Kier alpha value is -2.26. The SMILES string of the molecule is CC[C@H](C)NC(=O)[C@@H]1CSCN1C(=O)/C=C\c1ccccc1C#N. The van der Waals surface area contributed by atoms with Crippen LogP contribution in [0.15, 0.2) is 30.3 Å². The molecule has 126 valence electrons. The number of rotatable bonds is 5. The lowest BCUT2D eigenvalue weighted by Gasteiger charge is -2.23. The molecular formula is C18H21N3O2S. The molecule has 2 amide bonds. The molecule has 1 aliphatic rings. The predicted molar refractivity (Wildman–Crippen MR) is 96.0 cm³/mol. The monoisotopic (exact) mass is 343 g/mol. The Balaban J connectivity index is 2.07. The van der Waals surface area contributed by atoms with Crippen molar-refractivity contribution < 1.29 is 9.59 Å². The van der Waals surface area contributed by atoms with Gasteiger partial charge in [0.15, 0.2) is 0 Å². The minimum Gasteiger partial charge on any atom is -0.352 e. The lowest BCUT2D eigenvalue weighted by atomic mass is 10.1. The molecule has 2 atom stereocenters. The van der Waals surface area contributed by atoms with E-state index < -0.39 is 6.04 Å². The van der Waals surface area contributed by atoms with Crippen molar-refractivity contribution in [2.45, 2.75) is 32.4 Å². The summed E-state index contributed by atoms with van der Waals surface area (Å²) in [6, 6.07) is 8.85. The average molecular weight is 343 g/mol. The molecule has 1 aromatic carbocycles. The van der Waals surface area contributed by atoms with Crippen LogP contribution in [0.4, 0.5) is 0 Å². The van der Waals surface area contributed by atoms with Crippen LogP contribution < -0.4 is 5.32 Å². The van der Waals surface area contributed by atoms with E-state index in [9.17, 15) is 9.59 Å². The van der Waals surface area contributed by atoms with Gasteiger partial charge in [-0.3, -0.25) is 9.59 Å². The summed E-state index contributed by atoms with van der Waals surface area (Å²) >= 11 is 1.57. The minimum absolute atomic E-state index is 0.0955. The molecule has 1 N–H and O–H groups in total. The maximum atomic E-state index is 12.5. The molecule has 0 aliphatic carbocycles. The zero-order valence-electron chi connectivity index (χ0n) is 13.9. The second-order valence-electron chi connectivity index (χ2n) is 5.67. The average Bonchev–Trinajstić information content (AvgIpc) is 3.09. The first-order valence-corrected chi connectivity index (χ1v) is 9.08. The minimum atomic E-state index is -0.438. The predicted octanol–water partition coefficient (Wildman–Crippen LogP) is 2.39. The number of nitrogens with zero attached hydrogens (tertiary/aromatic N) is 2. The molecule has 1 aromatic rings. The zero-order valence-corrected chi connectivity index (χ0v) is 14.7. The van der Waals surface area contributed by atoms with Gasteiger partial charge in [0.1, 0.15) is 6.04 Å². The van der Waals surface area contributed by atoms with Gasteiger partial charge in [0.05, 0.1) is 17.5 Å². The van der Waals surface area contributed by atoms with E-state index in [-0.39, 0.29) is 17.9 Å². The first kappa shape index (κ1) is 18.1. The van der Waals surface area contributed by atoms with Gasteiger partial charge in [-0.15, -0.1) is 11.8 Å². The van der Waals surface area contributed by atoms with Crippen molar-refractivity contribution in [3.8, 4) is 6.07 Å². The van der Waals surface area contributed by atoms with Gasteiger partial charge in [0.2, 0.25) is 11.8 Å². The van der Waals surface area contributed by atoms with Gasteiger partial charge in [-0.2, -0.15) is 5.26 Å². The van der Waals surface area contributed by atoms with Crippen molar-refractivity contribution in [2.24, 2.45) is 0 Å². The number of nitrogens with one attached hydrogen (secondary N) is 1. The number of carbonyl (C=O) groups excluding carboxylic acids is 2. The molecule has 6 heteroatoms. The fraction of sp³-hybridized carbons (Fsp3) is 0.389. The molecular weight excluding hydrogens is 322 g/mol. The fourth-order valence-corrected chi connectivity index (χ4v) is 3.48. The van der Waals surface area contributed by atoms with E-state index in [1.165, 1.54) is 6.08 Å². The third-order valence-corrected chi connectivity index (χ3v) is 4.97. The Bertz CT molecular complexity index is 681. The van der Waals surface area contributed by atoms with Crippen molar-refractivity contribution in [3.05, 3.63) is 41.5 Å². The highest BCUT2D eigenvalue weighted by Crippen LogP contribution is 2.22. The van der Waals surface area contributed by atoms with Crippen LogP contribution in [0.5, 0.6) is 0 Å². The maximum absolute atomic E-state index is 12.5. The molecule has 0 radical (unpaired) electrons. The zero-order chi connectivity index (χ0) is 17.5. The number of nitriles is 1. The summed E-state index contributed by atoms with van der Waals surface area (Å²) in [5, 5.41) is 12.0. The molecule has 2 rings (SSSR count). The van der Waals surface area contributed by atoms with E-state index >= 15 is 0 Å². The molecule has 0 bridgehead atoms. The summed E-state index contributed by atoms with van der Waals surface area (Å²) in [4.78, 5) is 26.3. The van der Waals surface area contributed by atoms with Crippen molar-refractivity contribution >= 4 is 29.7 Å². The van der Waals surface area contributed by atoms with Crippen LogP contribution >= 0.6 is 11.8 Å². The molecule has 0 aromatic heterocycles. The molecule has 1 heterocycles. The van der Waals surface area contributed by atoms with Crippen molar-refractivity contribution in [2.75, 3.05) is 11.6 Å². The van der Waals surface area contributed by atoms with Gasteiger partial charge in [0.25, 0.3) is 0 Å². The Morgan fingerprint density at radius 2 is 2.25 bits per heavy atom. The molecule has 24 heavy (non-hydrogen) atoms. The number of benzene rings is 1. The third-order valence-electron chi connectivity index (χ3n) is 3.96. The van der Waals surface area contributed by atoms with Crippen LogP contribution in [-0.2, 0) is 9.59 Å². The summed E-state index contributed by atoms with van der Waals surface area (Å²) < 4.78 is 0. The van der Waals surface area contributed by atoms with Crippen LogP contribution in [0.2, 0.25) is 0 Å². The summed E-state index contributed by atoms with van der Waals surface area (Å²) in [7, 11) is 0. The Labute approximate surface area is 146 Å². The molecule has 1 aliphatic heterocycles. The van der Waals surface area contributed by atoms with E-state index in [0.717, 1.165) is 6.42 Å². The lowest BCUT2D eigenvalue weighted by Crippen LogP contribution is -2.48. The van der Waals surface area contributed by atoms with Crippen LogP contribution in [0.25, 0.3) is 6.08 Å². The smallest absolute Gasteiger partial charge is 0.247 e. The maximum Gasteiger partial charge on any atom is 0.247 e. The summed E-state index contributed by atoms with van der Waals surface area (Å²) in [6.07, 6.45) is 3.92. The molecule has 0 saturated carbocycles. The Morgan fingerprint density at radius 1 is 1.50 bits per heavy atom. The van der Waals surface area contributed by atoms with Crippen LogP contribution in [0.3, 0.4) is 0 Å². The highest BCUT2D eigenvalue weighted by atomic mass is 32.2. The number of amides is 2. The van der Waals surface area contributed by atoms with Gasteiger partial charge in [-0.05, 0) is 31.1 Å². The molecule has 0 spiro atoms. The molecule has 1 saturated heterocycles. The summed E-state index contributed by atoms with van der Waals surface area (Å²) in [5.74, 6) is 0.795. The third kappa shape index (κ3) is 4.39. The largest absolute Gasteiger partial charge is 0.352 e. The first-order chi connectivity index (χ1) is 11.6. The Morgan fingerprint density at radius 3 is 2.96 bits per heavy atom. The van der Waals surface area contributed by atoms with Crippen LogP contribution in [0, 0.1) is 11.3 Å². The van der Waals surface area contributed by atoms with Gasteiger partial charge in [-0.1, -0.05) is 25.1 Å². The van der Waals surface area contributed by atoms with Gasteiger partial charge in [0, 0.05) is 17.9 Å². The topological polar surface area (TPSA) is 73.2 Å². The quantitative estimate of drug-likeness (QED) is 0.833. The summed E-state index contributed by atoms with van der Waals surface area (Å²) in [6.45, 7) is 3.96. The highest BCUT2D eigenvalue weighted by Gasteiger charge is 2.33. The van der Waals surface area contributed by atoms with Gasteiger partial charge in [-0.25, -0.2) is 0 Å². The van der Waals surface area contributed by atoms with Crippen molar-refractivity contribution in [1.29, 1.82) is 5.26 Å². The first-order valence-electron chi connectivity index (χ1n) is 7.92. The second-order valence-corrected chi connectivity index (χ2v) is 6.67. The second kappa shape index (κ2) is 8.55. The van der Waals surface area contributed by atoms with Gasteiger partial charge < -0.3 is 10.2 Å².